The number of hydrogen-bond acceptors (Lipinski definition) is 1. The predicted molar refractivity (Wildman–Crippen MR) is 99.6 cm³/mol. The van der Waals surface area contributed by atoms with Crippen molar-refractivity contribution in [2.24, 2.45) is 0 Å². The molecule has 1 nitrogen and oxygen atoms in total. The van der Waals surface area contributed by atoms with Gasteiger partial charge in [-0.05, 0) is 73.4 Å². The summed E-state index contributed by atoms with van der Waals surface area (Å²) in [7, 11) is 0. The van der Waals surface area contributed by atoms with Crippen LogP contribution in [0.5, 0.6) is 0 Å². The van der Waals surface area contributed by atoms with E-state index in [4.69, 9.17) is 11.6 Å². The van der Waals surface area contributed by atoms with Crippen molar-refractivity contribution < 1.29 is 4.79 Å². The van der Waals surface area contributed by atoms with Crippen LogP contribution < -0.4 is 0 Å². The number of fused-ring (bicyclic) bond motifs is 1. The van der Waals surface area contributed by atoms with E-state index in [0.29, 0.717) is 0 Å². The molecule has 0 heterocycles. The summed E-state index contributed by atoms with van der Waals surface area (Å²) in [6, 6.07) is 18.0. The first kappa shape index (κ1) is 17.2. The molecule has 3 aromatic carbocycles. The van der Waals surface area contributed by atoms with Crippen molar-refractivity contribution in [1.29, 1.82) is 0 Å². The van der Waals surface area contributed by atoms with Gasteiger partial charge < -0.3 is 0 Å². The zero-order valence-electron chi connectivity index (χ0n) is 14.0. The second kappa shape index (κ2) is 7.43. The standard InChI is InChI=1S/C13H12O.C8H9Cl/c1-9-7-11-5-3-4-6-12(11)8-13(9)10(2)14;1-6-3-4-8(9)5-7(6)2/h3-8H,1-2H3;3-5H,1-2H3. The van der Waals surface area contributed by atoms with E-state index in [1.807, 2.05) is 49.4 Å². The number of carbonyl (C=O) groups excluding carboxylic acids is 1. The van der Waals surface area contributed by atoms with E-state index >= 15 is 0 Å². The highest BCUT2D eigenvalue weighted by Gasteiger charge is 2.04. The maximum absolute atomic E-state index is 11.3. The fourth-order valence-corrected chi connectivity index (χ4v) is 2.66. The van der Waals surface area contributed by atoms with Crippen molar-refractivity contribution in [3.05, 3.63) is 81.9 Å². The fraction of sp³-hybridized carbons (Fsp3) is 0.190. The number of rotatable bonds is 1. The minimum atomic E-state index is 0.133. The minimum absolute atomic E-state index is 0.133. The molecule has 0 atom stereocenters. The van der Waals surface area contributed by atoms with E-state index in [2.05, 4.69) is 26.0 Å². The first-order chi connectivity index (χ1) is 10.9. The van der Waals surface area contributed by atoms with Crippen LogP contribution in [-0.4, -0.2) is 5.78 Å². The number of benzene rings is 3. The molecular formula is C21H21ClO. The SMILES string of the molecule is CC(=O)c1cc2ccccc2cc1C.Cc1ccc(Cl)cc1C. The Hall–Kier alpha value is -2.12. The normalized spacial score (nSPS) is 10.1. The van der Waals surface area contributed by atoms with Gasteiger partial charge in [-0.3, -0.25) is 4.79 Å². The first-order valence-corrected chi connectivity index (χ1v) is 7.99. The molecule has 0 saturated heterocycles. The van der Waals surface area contributed by atoms with Crippen molar-refractivity contribution in [3.8, 4) is 0 Å². The summed E-state index contributed by atoms with van der Waals surface area (Å²) in [6.45, 7) is 7.72. The average Bonchev–Trinajstić information content (AvgIpc) is 2.51. The Kier molecular flexibility index (Phi) is 5.57. The third-order valence-electron chi connectivity index (χ3n) is 3.94. The Morgan fingerprint density at radius 3 is 1.91 bits per heavy atom. The fourth-order valence-electron chi connectivity index (χ4n) is 2.44. The van der Waals surface area contributed by atoms with Crippen molar-refractivity contribution in [1.82, 2.24) is 0 Å². The van der Waals surface area contributed by atoms with Gasteiger partial charge in [0.25, 0.3) is 0 Å². The largest absolute Gasteiger partial charge is 0.295 e. The molecule has 0 bridgehead atoms. The predicted octanol–water partition coefficient (Wildman–Crippen LogP) is 6.31. The van der Waals surface area contributed by atoms with Gasteiger partial charge in [0.05, 0.1) is 0 Å². The van der Waals surface area contributed by atoms with Gasteiger partial charge in [-0.1, -0.05) is 48.0 Å². The van der Waals surface area contributed by atoms with E-state index < -0.39 is 0 Å². The molecule has 0 fully saturated rings. The molecule has 23 heavy (non-hydrogen) atoms. The highest BCUT2D eigenvalue weighted by Crippen LogP contribution is 2.19. The van der Waals surface area contributed by atoms with Crippen molar-refractivity contribution in [3.63, 3.8) is 0 Å². The Bertz CT molecular complexity index is 850. The molecule has 0 aliphatic carbocycles. The van der Waals surface area contributed by atoms with Gasteiger partial charge >= 0.3 is 0 Å². The highest BCUT2D eigenvalue weighted by atomic mass is 35.5. The summed E-state index contributed by atoms with van der Waals surface area (Å²) in [6.07, 6.45) is 0. The second-order valence-electron chi connectivity index (χ2n) is 5.80. The van der Waals surface area contributed by atoms with Crippen LogP contribution in [0.25, 0.3) is 10.8 Å². The highest BCUT2D eigenvalue weighted by molar-refractivity contribution is 6.30. The Morgan fingerprint density at radius 2 is 1.39 bits per heavy atom. The summed E-state index contributed by atoms with van der Waals surface area (Å²) >= 11 is 5.72. The number of Topliss-reactive ketones (excluding diaryl/α,β-unsaturated/α-hetero) is 1. The molecule has 0 aliphatic heterocycles. The lowest BCUT2D eigenvalue weighted by molar-refractivity contribution is 0.101. The van der Waals surface area contributed by atoms with Crippen LogP contribution in [0.2, 0.25) is 5.02 Å². The van der Waals surface area contributed by atoms with E-state index in [-0.39, 0.29) is 5.78 Å². The molecular weight excluding hydrogens is 304 g/mol. The first-order valence-electron chi connectivity index (χ1n) is 7.61. The third-order valence-corrected chi connectivity index (χ3v) is 4.18. The zero-order valence-corrected chi connectivity index (χ0v) is 14.7. The van der Waals surface area contributed by atoms with Crippen LogP contribution in [0.3, 0.4) is 0 Å². The van der Waals surface area contributed by atoms with Gasteiger partial charge in [-0.25, -0.2) is 0 Å². The molecule has 0 spiro atoms. The van der Waals surface area contributed by atoms with Crippen molar-refractivity contribution >= 4 is 28.2 Å². The summed E-state index contributed by atoms with van der Waals surface area (Å²) in [4.78, 5) is 11.3. The summed E-state index contributed by atoms with van der Waals surface area (Å²) in [5, 5.41) is 3.14. The van der Waals surface area contributed by atoms with Crippen LogP contribution in [0.15, 0.2) is 54.6 Å². The molecule has 0 saturated carbocycles. The maximum Gasteiger partial charge on any atom is 0.160 e. The molecule has 0 amide bonds. The lowest BCUT2D eigenvalue weighted by Gasteiger charge is -2.04. The molecule has 3 aromatic rings. The molecule has 2 heteroatoms. The Morgan fingerprint density at radius 1 is 0.783 bits per heavy atom. The molecule has 0 aromatic heterocycles. The van der Waals surface area contributed by atoms with Gasteiger partial charge in [0, 0.05) is 10.6 Å². The van der Waals surface area contributed by atoms with Crippen LogP contribution >= 0.6 is 11.6 Å². The number of aryl methyl sites for hydroxylation is 3. The van der Waals surface area contributed by atoms with E-state index in [1.54, 1.807) is 6.92 Å². The molecule has 0 radical (unpaired) electrons. The van der Waals surface area contributed by atoms with E-state index in [0.717, 1.165) is 21.5 Å². The quantitative estimate of drug-likeness (QED) is 0.479. The van der Waals surface area contributed by atoms with Gasteiger partial charge in [0.15, 0.2) is 5.78 Å². The number of carbonyl (C=O) groups is 1. The van der Waals surface area contributed by atoms with Crippen molar-refractivity contribution in [2.75, 3.05) is 0 Å². The number of ketones is 1. The van der Waals surface area contributed by atoms with Crippen LogP contribution in [0.4, 0.5) is 0 Å². The molecule has 0 N–H and O–H groups in total. The lowest BCUT2D eigenvalue weighted by atomic mass is 10.00. The number of hydrogen-bond donors (Lipinski definition) is 0. The minimum Gasteiger partial charge on any atom is -0.295 e. The van der Waals surface area contributed by atoms with Crippen molar-refractivity contribution in [2.45, 2.75) is 27.7 Å². The van der Waals surface area contributed by atoms with Gasteiger partial charge in [-0.15, -0.1) is 0 Å². The number of halogens is 1. The van der Waals surface area contributed by atoms with Crippen LogP contribution in [0, 0.1) is 20.8 Å². The molecule has 118 valence electrons. The third kappa shape index (κ3) is 4.43. The smallest absolute Gasteiger partial charge is 0.160 e. The van der Waals surface area contributed by atoms with E-state index in [9.17, 15) is 4.79 Å². The summed E-state index contributed by atoms with van der Waals surface area (Å²) in [5.41, 5.74) is 4.42. The molecule has 0 aliphatic rings. The zero-order chi connectivity index (χ0) is 17.0. The Labute approximate surface area is 142 Å². The molecule has 0 unspecified atom stereocenters. The summed E-state index contributed by atoms with van der Waals surface area (Å²) in [5.74, 6) is 0.133. The Balaban J connectivity index is 0.000000185. The molecule has 3 rings (SSSR count). The topological polar surface area (TPSA) is 17.1 Å². The van der Waals surface area contributed by atoms with Crippen LogP contribution in [0.1, 0.15) is 34.0 Å². The van der Waals surface area contributed by atoms with Crippen LogP contribution in [-0.2, 0) is 0 Å². The summed E-state index contributed by atoms with van der Waals surface area (Å²) < 4.78 is 0. The lowest BCUT2D eigenvalue weighted by Crippen LogP contribution is -1.95. The maximum atomic E-state index is 11.3. The van der Waals surface area contributed by atoms with Gasteiger partial charge in [0.2, 0.25) is 0 Å². The average molecular weight is 325 g/mol. The second-order valence-corrected chi connectivity index (χ2v) is 6.24. The monoisotopic (exact) mass is 324 g/mol. The van der Waals surface area contributed by atoms with Gasteiger partial charge in [0.1, 0.15) is 0 Å². The van der Waals surface area contributed by atoms with E-state index in [1.165, 1.54) is 16.5 Å². The van der Waals surface area contributed by atoms with Gasteiger partial charge in [-0.2, -0.15) is 0 Å².